The van der Waals surface area contributed by atoms with E-state index >= 15 is 0 Å². The quantitative estimate of drug-likeness (QED) is 0.374. The van der Waals surface area contributed by atoms with Crippen LogP contribution >= 0.6 is 11.6 Å². The predicted octanol–water partition coefficient (Wildman–Crippen LogP) is 4.86. The Morgan fingerprint density at radius 3 is 2.62 bits per heavy atom. The zero-order valence-electron chi connectivity index (χ0n) is 10.9. The Balaban J connectivity index is 2.50. The number of terminal acetylenes is 1. The average molecular weight is 241 g/mol. The van der Waals surface area contributed by atoms with E-state index in [4.69, 9.17) is 18.0 Å². The summed E-state index contributed by atoms with van der Waals surface area (Å²) in [6.45, 7) is 7.04. The van der Waals surface area contributed by atoms with Gasteiger partial charge in [0.1, 0.15) is 0 Å². The molecular weight excluding hydrogens is 216 g/mol. The van der Waals surface area contributed by atoms with Crippen molar-refractivity contribution in [2.45, 2.75) is 64.7 Å². The summed E-state index contributed by atoms with van der Waals surface area (Å²) >= 11 is 6.53. The molecule has 1 saturated carbocycles. The van der Waals surface area contributed by atoms with Crippen molar-refractivity contribution in [3.05, 3.63) is 0 Å². The van der Waals surface area contributed by atoms with Gasteiger partial charge < -0.3 is 0 Å². The molecule has 3 unspecified atom stereocenters. The molecule has 0 spiro atoms. The lowest BCUT2D eigenvalue weighted by Crippen LogP contribution is -2.35. The molecule has 3 atom stereocenters. The van der Waals surface area contributed by atoms with Gasteiger partial charge in [-0.05, 0) is 42.9 Å². The third-order valence-electron chi connectivity index (χ3n) is 4.18. The summed E-state index contributed by atoms with van der Waals surface area (Å²) in [6.07, 6.45) is 12.4. The maximum absolute atomic E-state index is 6.53. The van der Waals surface area contributed by atoms with E-state index in [0.717, 1.165) is 18.8 Å². The number of alkyl halides is 1. The molecule has 0 aromatic carbocycles. The van der Waals surface area contributed by atoms with Gasteiger partial charge >= 0.3 is 0 Å². The van der Waals surface area contributed by atoms with E-state index in [9.17, 15) is 0 Å². The standard InChI is InChI=1S/C15H25Cl/c1-5-6-7-10-15(3,4)13-9-8-12(2)11-14(13)16/h1,12-14H,6-11H2,2-4H3. The molecule has 0 saturated heterocycles. The number of unbranched alkanes of at least 4 members (excludes halogenated alkanes) is 1. The Morgan fingerprint density at radius 1 is 1.38 bits per heavy atom. The first-order valence-electron chi connectivity index (χ1n) is 6.55. The van der Waals surface area contributed by atoms with Crippen molar-refractivity contribution in [2.24, 2.45) is 17.3 Å². The lowest BCUT2D eigenvalue weighted by molar-refractivity contribution is 0.130. The fourth-order valence-electron chi connectivity index (χ4n) is 3.02. The Labute approximate surface area is 106 Å². The van der Waals surface area contributed by atoms with E-state index < -0.39 is 0 Å². The van der Waals surface area contributed by atoms with Crippen molar-refractivity contribution in [1.82, 2.24) is 0 Å². The van der Waals surface area contributed by atoms with Crippen molar-refractivity contribution in [3.8, 4) is 12.3 Å². The monoisotopic (exact) mass is 240 g/mol. The molecule has 1 heteroatoms. The van der Waals surface area contributed by atoms with Gasteiger partial charge in [0.05, 0.1) is 0 Å². The first kappa shape index (κ1) is 13.9. The second-order valence-corrected chi connectivity index (χ2v) is 6.65. The molecule has 1 aliphatic rings. The van der Waals surface area contributed by atoms with Gasteiger partial charge in [0.15, 0.2) is 0 Å². The highest BCUT2D eigenvalue weighted by atomic mass is 35.5. The van der Waals surface area contributed by atoms with Crippen LogP contribution in [-0.4, -0.2) is 5.38 Å². The summed E-state index contributed by atoms with van der Waals surface area (Å²) in [5.41, 5.74) is 0.351. The molecule has 1 aliphatic carbocycles. The fraction of sp³-hybridized carbons (Fsp3) is 0.867. The zero-order valence-corrected chi connectivity index (χ0v) is 11.7. The Kier molecular flexibility index (Phi) is 5.19. The van der Waals surface area contributed by atoms with Gasteiger partial charge in [0.25, 0.3) is 0 Å². The average Bonchev–Trinajstić information content (AvgIpc) is 2.17. The van der Waals surface area contributed by atoms with Crippen LogP contribution in [0.2, 0.25) is 0 Å². The van der Waals surface area contributed by atoms with E-state index in [-0.39, 0.29) is 0 Å². The molecule has 16 heavy (non-hydrogen) atoms. The number of hydrogen-bond donors (Lipinski definition) is 0. The van der Waals surface area contributed by atoms with E-state index in [1.54, 1.807) is 0 Å². The van der Waals surface area contributed by atoms with Crippen LogP contribution in [0.5, 0.6) is 0 Å². The summed E-state index contributed by atoms with van der Waals surface area (Å²) < 4.78 is 0. The molecule has 0 N–H and O–H groups in total. The van der Waals surface area contributed by atoms with Gasteiger partial charge in [-0.15, -0.1) is 23.9 Å². The van der Waals surface area contributed by atoms with Crippen LogP contribution in [0.1, 0.15) is 59.3 Å². The lowest BCUT2D eigenvalue weighted by atomic mass is 9.67. The molecule has 0 aromatic rings. The minimum atomic E-state index is 0.351. The van der Waals surface area contributed by atoms with Gasteiger partial charge in [0, 0.05) is 11.8 Å². The molecule has 1 fully saturated rings. The first-order valence-corrected chi connectivity index (χ1v) is 6.98. The van der Waals surface area contributed by atoms with Gasteiger partial charge in [-0.25, -0.2) is 0 Å². The third kappa shape index (κ3) is 3.70. The topological polar surface area (TPSA) is 0 Å². The molecular formula is C15H25Cl. The molecule has 92 valence electrons. The number of hydrogen-bond acceptors (Lipinski definition) is 0. The maximum atomic E-state index is 6.53. The highest BCUT2D eigenvalue weighted by Gasteiger charge is 2.37. The van der Waals surface area contributed by atoms with Gasteiger partial charge in [-0.2, -0.15) is 0 Å². The second-order valence-electron chi connectivity index (χ2n) is 6.09. The zero-order chi connectivity index (χ0) is 12.2. The molecule has 0 radical (unpaired) electrons. The summed E-state index contributed by atoms with van der Waals surface area (Å²) in [6, 6.07) is 0. The van der Waals surface area contributed by atoms with E-state index in [1.165, 1.54) is 25.7 Å². The van der Waals surface area contributed by atoms with Crippen molar-refractivity contribution in [1.29, 1.82) is 0 Å². The predicted molar refractivity (Wildman–Crippen MR) is 72.6 cm³/mol. The van der Waals surface area contributed by atoms with Crippen LogP contribution in [0, 0.1) is 29.6 Å². The lowest BCUT2D eigenvalue weighted by Gasteiger charge is -2.42. The minimum Gasteiger partial charge on any atom is -0.123 e. The summed E-state index contributed by atoms with van der Waals surface area (Å²) in [4.78, 5) is 0. The Morgan fingerprint density at radius 2 is 2.06 bits per heavy atom. The molecule has 0 heterocycles. The fourth-order valence-corrected chi connectivity index (χ4v) is 3.79. The van der Waals surface area contributed by atoms with Crippen LogP contribution in [0.4, 0.5) is 0 Å². The highest BCUT2D eigenvalue weighted by molar-refractivity contribution is 6.20. The van der Waals surface area contributed by atoms with Crippen LogP contribution < -0.4 is 0 Å². The normalized spacial score (nSPS) is 31.1. The van der Waals surface area contributed by atoms with Crippen LogP contribution in [-0.2, 0) is 0 Å². The smallest absolute Gasteiger partial charge is 0.0371 e. The SMILES string of the molecule is C#CCCCC(C)(C)C1CCC(C)CC1Cl. The largest absolute Gasteiger partial charge is 0.123 e. The number of halogens is 1. The first-order chi connectivity index (χ1) is 7.47. The number of rotatable bonds is 4. The maximum Gasteiger partial charge on any atom is 0.0371 e. The third-order valence-corrected chi connectivity index (χ3v) is 4.66. The molecule has 0 nitrogen and oxygen atoms in total. The van der Waals surface area contributed by atoms with Crippen molar-refractivity contribution in [2.75, 3.05) is 0 Å². The van der Waals surface area contributed by atoms with Gasteiger partial charge in [-0.3, -0.25) is 0 Å². The second kappa shape index (κ2) is 5.97. The van der Waals surface area contributed by atoms with E-state index in [0.29, 0.717) is 16.7 Å². The molecule has 0 aromatic heterocycles. The van der Waals surface area contributed by atoms with Crippen molar-refractivity contribution < 1.29 is 0 Å². The summed E-state index contributed by atoms with van der Waals surface area (Å²) in [5, 5.41) is 0.365. The summed E-state index contributed by atoms with van der Waals surface area (Å²) in [5.74, 6) is 4.20. The van der Waals surface area contributed by atoms with Gasteiger partial charge in [-0.1, -0.05) is 27.2 Å². The molecule has 0 aliphatic heterocycles. The van der Waals surface area contributed by atoms with Crippen LogP contribution in [0.25, 0.3) is 0 Å². The van der Waals surface area contributed by atoms with Crippen molar-refractivity contribution >= 4 is 11.6 Å². The highest BCUT2D eigenvalue weighted by Crippen LogP contribution is 2.45. The van der Waals surface area contributed by atoms with E-state index in [1.807, 2.05) is 0 Å². The summed E-state index contributed by atoms with van der Waals surface area (Å²) in [7, 11) is 0. The molecule has 0 amide bonds. The van der Waals surface area contributed by atoms with Crippen LogP contribution in [0.15, 0.2) is 0 Å². The Bertz CT molecular complexity index is 249. The van der Waals surface area contributed by atoms with Crippen molar-refractivity contribution in [3.63, 3.8) is 0 Å². The van der Waals surface area contributed by atoms with E-state index in [2.05, 4.69) is 26.7 Å². The molecule has 1 rings (SSSR count). The Hall–Kier alpha value is -0.150. The molecule has 0 bridgehead atoms. The van der Waals surface area contributed by atoms with Crippen LogP contribution in [0.3, 0.4) is 0 Å². The van der Waals surface area contributed by atoms with Gasteiger partial charge in [0.2, 0.25) is 0 Å². The minimum absolute atomic E-state index is 0.351.